The quantitative estimate of drug-likeness (QED) is 0.201. The van der Waals surface area contributed by atoms with E-state index in [9.17, 15) is 9.65 Å². The van der Waals surface area contributed by atoms with Crippen molar-refractivity contribution in [2.24, 2.45) is 5.41 Å². The highest BCUT2D eigenvalue weighted by Crippen LogP contribution is 2.48. The summed E-state index contributed by atoms with van der Waals surface area (Å²) in [7, 11) is 0. The Kier molecular flexibility index (Phi) is 7.01. The van der Waals surface area contributed by atoms with Gasteiger partial charge in [0.25, 0.3) is 0 Å². The highest BCUT2D eigenvalue weighted by molar-refractivity contribution is 6.35. The van der Waals surface area contributed by atoms with Crippen molar-refractivity contribution in [1.29, 1.82) is 5.26 Å². The minimum absolute atomic E-state index is 0.0369. The maximum absolute atomic E-state index is 14.1. The Morgan fingerprint density at radius 1 is 1.19 bits per heavy atom. The monoisotopic (exact) mass is 600 g/mol. The number of aromatic nitrogens is 7. The van der Waals surface area contributed by atoms with Crippen LogP contribution in [0.5, 0.6) is 0 Å². The lowest BCUT2D eigenvalue weighted by molar-refractivity contribution is 0.359. The maximum Gasteiger partial charge on any atom is 0.244 e. The Bertz CT molecular complexity index is 1880. The molecule has 1 atom stereocenters. The van der Waals surface area contributed by atoms with Gasteiger partial charge in [0.15, 0.2) is 0 Å². The highest BCUT2D eigenvalue weighted by atomic mass is 35.5. The predicted molar refractivity (Wildman–Crippen MR) is 159 cm³/mol. The molecule has 0 saturated heterocycles. The fourth-order valence-corrected chi connectivity index (χ4v) is 5.33. The molecule has 0 bridgehead atoms. The van der Waals surface area contributed by atoms with Crippen molar-refractivity contribution in [2.45, 2.75) is 59.0 Å². The smallest absolute Gasteiger partial charge is 0.244 e. The molecule has 1 fully saturated rings. The van der Waals surface area contributed by atoms with E-state index in [1.54, 1.807) is 30.7 Å². The fraction of sp³-hybridized carbons (Fsp3) is 0.367. The summed E-state index contributed by atoms with van der Waals surface area (Å²) in [5, 5.41) is 35.1. The normalized spacial score (nSPS) is 14.8. The molecule has 2 N–H and O–H groups in total. The number of fused-ring (bicyclic) bond motifs is 1. The minimum Gasteiger partial charge on any atom is -0.423 e. The van der Waals surface area contributed by atoms with Crippen molar-refractivity contribution >= 4 is 33.9 Å². The Balaban J connectivity index is 1.43. The molecule has 1 saturated carbocycles. The first-order valence-corrected chi connectivity index (χ1v) is 14.2. The zero-order valence-electron chi connectivity index (χ0n) is 24.4. The molecule has 4 heterocycles. The third kappa shape index (κ3) is 5.48. The largest absolute Gasteiger partial charge is 0.423 e. The number of benzene rings is 1. The molecule has 11 nitrogen and oxygen atoms in total. The number of halogens is 2. The van der Waals surface area contributed by atoms with Gasteiger partial charge in [-0.1, -0.05) is 43.7 Å². The Labute approximate surface area is 252 Å². The minimum atomic E-state index is -0.578. The van der Waals surface area contributed by atoms with Crippen molar-refractivity contribution in [2.75, 3.05) is 17.2 Å². The molecule has 43 heavy (non-hydrogen) atoms. The number of nitrogens with zero attached hydrogens (tertiary/aromatic N) is 8. The number of hydrogen-bond acceptors (Lipinski definition) is 10. The van der Waals surface area contributed by atoms with Crippen molar-refractivity contribution in [1.82, 2.24) is 35.2 Å². The molecule has 0 unspecified atom stereocenters. The first-order valence-electron chi connectivity index (χ1n) is 13.9. The summed E-state index contributed by atoms with van der Waals surface area (Å²) in [5.41, 5.74) is 3.46. The standard InChI is InChI=1S/C30H30ClFN10O/c1-16-20(6-7-24(32)36-16)27(23-14-42(41-39-23)30(8-9-30)28-40-38-17(2)43-28)37-19-10-21-25(35-15-29(3,4)5)18(12-33)13-34-26(21)22(31)11-19/h6-7,10-11,13-14,27,37H,8-9,15H2,1-5H3,(H,34,35)/t27-/m0/s1. The summed E-state index contributed by atoms with van der Waals surface area (Å²) in [6.45, 7) is 10.4. The van der Waals surface area contributed by atoms with Gasteiger partial charge in [-0.3, -0.25) is 4.98 Å². The molecule has 0 spiro atoms. The van der Waals surface area contributed by atoms with Gasteiger partial charge in [-0.15, -0.1) is 15.3 Å². The van der Waals surface area contributed by atoms with Crippen LogP contribution in [-0.4, -0.2) is 41.7 Å². The SMILES string of the molecule is Cc1nnc(C2(n3cc([C@@H](Nc4cc(Cl)c5ncc(C#N)c(NCC(C)(C)C)c5c4)c4ccc(F)nc4C)nn3)CC2)o1. The molecular formula is C30H30ClFN10O. The number of rotatable bonds is 8. The van der Waals surface area contributed by atoms with Crippen molar-refractivity contribution < 1.29 is 8.81 Å². The van der Waals surface area contributed by atoms with E-state index in [2.05, 4.69) is 68.0 Å². The third-order valence-corrected chi connectivity index (χ3v) is 7.74. The highest BCUT2D eigenvalue weighted by Gasteiger charge is 2.52. The summed E-state index contributed by atoms with van der Waals surface area (Å²) < 4.78 is 21.5. The molecule has 1 aromatic carbocycles. The van der Waals surface area contributed by atoms with Crippen molar-refractivity contribution in [3.05, 3.63) is 81.9 Å². The number of hydrogen-bond donors (Lipinski definition) is 2. The summed E-state index contributed by atoms with van der Waals surface area (Å²) in [5.74, 6) is 0.390. The van der Waals surface area contributed by atoms with Gasteiger partial charge in [-0.25, -0.2) is 9.67 Å². The van der Waals surface area contributed by atoms with Gasteiger partial charge in [0.05, 0.1) is 34.0 Å². The van der Waals surface area contributed by atoms with Crippen LogP contribution >= 0.6 is 11.6 Å². The first kappa shape index (κ1) is 28.5. The second-order valence-electron chi connectivity index (χ2n) is 12.1. The van der Waals surface area contributed by atoms with Crippen LogP contribution in [0.25, 0.3) is 10.9 Å². The van der Waals surface area contributed by atoms with Gasteiger partial charge >= 0.3 is 0 Å². The third-order valence-electron chi connectivity index (χ3n) is 7.45. The topological polar surface area (TPSA) is 143 Å². The average Bonchev–Trinajstić information content (AvgIpc) is 3.38. The van der Waals surface area contributed by atoms with E-state index in [1.165, 1.54) is 12.3 Å². The van der Waals surface area contributed by atoms with Crippen LogP contribution in [0.15, 0.2) is 41.1 Å². The fourth-order valence-electron chi connectivity index (χ4n) is 5.06. The van der Waals surface area contributed by atoms with E-state index in [1.807, 2.05) is 12.3 Å². The number of pyridine rings is 2. The zero-order valence-corrected chi connectivity index (χ0v) is 25.2. The van der Waals surface area contributed by atoms with Crippen molar-refractivity contribution in [3.8, 4) is 6.07 Å². The summed E-state index contributed by atoms with van der Waals surface area (Å²) in [6, 6.07) is 8.32. The molecule has 220 valence electrons. The van der Waals surface area contributed by atoms with Gasteiger partial charge in [-0.2, -0.15) is 9.65 Å². The molecule has 6 rings (SSSR count). The Morgan fingerprint density at radius 2 is 1.98 bits per heavy atom. The maximum atomic E-state index is 14.1. The first-order chi connectivity index (χ1) is 20.5. The number of nitrogens with one attached hydrogen (secondary N) is 2. The second-order valence-corrected chi connectivity index (χ2v) is 12.5. The van der Waals surface area contributed by atoms with Crippen LogP contribution in [0.2, 0.25) is 5.02 Å². The van der Waals surface area contributed by atoms with Gasteiger partial charge in [0.2, 0.25) is 17.7 Å². The molecule has 0 radical (unpaired) electrons. The summed E-state index contributed by atoms with van der Waals surface area (Å²) in [4.78, 5) is 8.52. The van der Waals surface area contributed by atoms with Crippen LogP contribution in [0.3, 0.4) is 0 Å². The molecule has 13 heteroatoms. The lowest BCUT2D eigenvalue weighted by Gasteiger charge is -2.23. The number of nitriles is 1. The summed E-state index contributed by atoms with van der Waals surface area (Å²) >= 11 is 6.76. The van der Waals surface area contributed by atoms with E-state index < -0.39 is 17.5 Å². The number of anilines is 2. The van der Waals surface area contributed by atoms with E-state index in [0.29, 0.717) is 68.1 Å². The molecule has 0 amide bonds. The molecular weight excluding hydrogens is 571 g/mol. The van der Waals surface area contributed by atoms with Gasteiger partial charge < -0.3 is 15.1 Å². The Morgan fingerprint density at radius 3 is 2.63 bits per heavy atom. The molecule has 1 aliphatic rings. The zero-order chi connectivity index (χ0) is 30.5. The summed E-state index contributed by atoms with van der Waals surface area (Å²) in [6.07, 6.45) is 4.93. The van der Waals surface area contributed by atoms with E-state index in [-0.39, 0.29) is 5.41 Å². The lowest BCUT2D eigenvalue weighted by Crippen LogP contribution is -2.20. The molecule has 4 aromatic heterocycles. The van der Waals surface area contributed by atoms with Crippen LogP contribution in [0, 0.1) is 36.5 Å². The van der Waals surface area contributed by atoms with Gasteiger partial charge in [-0.05, 0) is 43.4 Å². The molecule has 5 aromatic rings. The Hall–Kier alpha value is -4.63. The van der Waals surface area contributed by atoms with E-state index in [4.69, 9.17) is 16.0 Å². The van der Waals surface area contributed by atoms with Gasteiger partial charge in [0, 0.05) is 42.0 Å². The lowest BCUT2D eigenvalue weighted by atomic mass is 9.96. The van der Waals surface area contributed by atoms with Gasteiger partial charge in [0.1, 0.15) is 17.3 Å². The van der Waals surface area contributed by atoms with E-state index in [0.717, 1.165) is 12.8 Å². The molecule has 1 aliphatic carbocycles. The number of aryl methyl sites for hydroxylation is 2. The molecule has 0 aliphatic heterocycles. The van der Waals surface area contributed by atoms with E-state index >= 15 is 0 Å². The van der Waals surface area contributed by atoms with Crippen LogP contribution in [0.1, 0.15) is 74.0 Å². The van der Waals surface area contributed by atoms with Crippen LogP contribution in [-0.2, 0) is 5.54 Å². The average molecular weight is 601 g/mol. The van der Waals surface area contributed by atoms with Crippen LogP contribution < -0.4 is 10.6 Å². The van der Waals surface area contributed by atoms with Crippen LogP contribution in [0.4, 0.5) is 15.8 Å². The van der Waals surface area contributed by atoms with Crippen molar-refractivity contribution in [3.63, 3.8) is 0 Å². The second kappa shape index (κ2) is 10.6. The predicted octanol–water partition coefficient (Wildman–Crippen LogP) is 6.08.